The van der Waals surface area contributed by atoms with E-state index in [1.54, 1.807) is 6.92 Å². The van der Waals surface area contributed by atoms with E-state index in [1.165, 1.54) is 12.4 Å². The van der Waals surface area contributed by atoms with Crippen LogP contribution in [0.5, 0.6) is 5.75 Å². The Balaban J connectivity index is 3.17. The molecule has 0 aromatic carbocycles. The summed E-state index contributed by atoms with van der Waals surface area (Å²) in [6.07, 6.45) is 2.49. The molecule has 0 aliphatic rings. The van der Waals surface area contributed by atoms with E-state index in [0.717, 1.165) is 0 Å². The van der Waals surface area contributed by atoms with Crippen molar-refractivity contribution in [3.05, 3.63) is 23.5 Å². The zero-order valence-electron chi connectivity index (χ0n) is 6.85. The second kappa shape index (κ2) is 3.66. The molecule has 0 bridgehead atoms. The molecule has 5 nitrogen and oxygen atoms in total. The Hall–Kier alpha value is -1.91. The van der Waals surface area contributed by atoms with Crippen LogP contribution in [0.2, 0.25) is 0 Å². The van der Waals surface area contributed by atoms with Crippen LogP contribution >= 0.6 is 0 Å². The fraction of sp³-hybridized carbons (Fsp3) is 0.125. The molecule has 0 radical (unpaired) electrons. The van der Waals surface area contributed by atoms with Crippen molar-refractivity contribution in [3.63, 3.8) is 0 Å². The number of hydrogen-bond acceptors (Lipinski definition) is 4. The van der Waals surface area contributed by atoms with E-state index in [-0.39, 0.29) is 17.8 Å². The SMILES string of the molecule is Cc1c(OC=O)cncc1C(=O)O. The van der Waals surface area contributed by atoms with Gasteiger partial charge in [0.1, 0.15) is 0 Å². The van der Waals surface area contributed by atoms with Gasteiger partial charge < -0.3 is 9.84 Å². The molecule has 0 saturated carbocycles. The van der Waals surface area contributed by atoms with Gasteiger partial charge in [-0.25, -0.2) is 4.79 Å². The van der Waals surface area contributed by atoms with Gasteiger partial charge in [0.05, 0.1) is 11.8 Å². The lowest BCUT2D eigenvalue weighted by Crippen LogP contribution is -2.03. The number of hydrogen-bond donors (Lipinski definition) is 1. The number of ether oxygens (including phenoxy) is 1. The van der Waals surface area contributed by atoms with Gasteiger partial charge in [-0.1, -0.05) is 0 Å². The number of rotatable bonds is 3. The Morgan fingerprint density at radius 3 is 2.85 bits per heavy atom. The lowest BCUT2D eigenvalue weighted by atomic mass is 10.1. The lowest BCUT2D eigenvalue weighted by molar-refractivity contribution is -0.120. The van der Waals surface area contributed by atoms with Gasteiger partial charge in [0.25, 0.3) is 6.47 Å². The third kappa shape index (κ3) is 1.81. The number of carbonyl (C=O) groups excluding carboxylic acids is 1. The van der Waals surface area contributed by atoms with Crippen molar-refractivity contribution in [2.75, 3.05) is 0 Å². The van der Waals surface area contributed by atoms with Crippen LogP contribution in [0.15, 0.2) is 12.4 Å². The van der Waals surface area contributed by atoms with Crippen molar-refractivity contribution in [2.24, 2.45) is 0 Å². The van der Waals surface area contributed by atoms with Gasteiger partial charge in [-0.3, -0.25) is 9.78 Å². The number of aromatic carboxylic acids is 1. The summed E-state index contributed by atoms with van der Waals surface area (Å²) >= 11 is 0. The Kier molecular flexibility index (Phi) is 2.59. The van der Waals surface area contributed by atoms with Gasteiger partial charge in [-0.2, -0.15) is 0 Å². The summed E-state index contributed by atoms with van der Waals surface area (Å²) in [5.74, 6) is -0.934. The summed E-state index contributed by atoms with van der Waals surface area (Å²) < 4.78 is 4.52. The van der Waals surface area contributed by atoms with E-state index in [2.05, 4.69) is 9.72 Å². The van der Waals surface area contributed by atoms with Crippen molar-refractivity contribution < 1.29 is 19.4 Å². The summed E-state index contributed by atoms with van der Waals surface area (Å²) in [7, 11) is 0. The highest BCUT2D eigenvalue weighted by Crippen LogP contribution is 2.18. The molecule has 0 amide bonds. The number of pyridine rings is 1. The predicted molar refractivity (Wildman–Crippen MR) is 42.6 cm³/mol. The van der Waals surface area contributed by atoms with Crippen LogP contribution in [0.3, 0.4) is 0 Å². The van der Waals surface area contributed by atoms with E-state index in [0.29, 0.717) is 5.56 Å². The molecule has 5 heteroatoms. The van der Waals surface area contributed by atoms with E-state index in [9.17, 15) is 9.59 Å². The Morgan fingerprint density at radius 1 is 1.62 bits per heavy atom. The highest BCUT2D eigenvalue weighted by Gasteiger charge is 2.11. The van der Waals surface area contributed by atoms with Crippen molar-refractivity contribution in [1.29, 1.82) is 0 Å². The van der Waals surface area contributed by atoms with Gasteiger partial charge in [0.15, 0.2) is 5.75 Å². The highest BCUT2D eigenvalue weighted by atomic mass is 16.5. The summed E-state index contributed by atoms with van der Waals surface area (Å²) in [5.41, 5.74) is 0.411. The van der Waals surface area contributed by atoms with Crippen LogP contribution in [0.1, 0.15) is 15.9 Å². The van der Waals surface area contributed by atoms with Gasteiger partial charge in [0, 0.05) is 11.8 Å². The molecule has 0 fully saturated rings. The van der Waals surface area contributed by atoms with Crippen LogP contribution in [-0.4, -0.2) is 22.5 Å². The molecule has 0 unspecified atom stereocenters. The number of aromatic nitrogens is 1. The van der Waals surface area contributed by atoms with E-state index < -0.39 is 5.97 Å². The molecule has 1 N–H and O–H groups in total. The van der Waals surface area contributed by atoms with E-state index in [4.69, 9.17) is 5.11 Å². The minimum absolute atomic E-state index is 0.0272. The minimum atomic E-state index is -1.10. The first-order valence-electron chi connectivity index (χ1n) is 3.45. The second-order valence-electron chi connectivity index (χ2n) is 2.33. The van der Waals surface area contributed by atoms with E-state index >= 15 is 0 Å². The van der Waals surface area contributed by atoms with Crippen molar-refractivity contribution in [3.8, 4) is 5.75 Å². The van der Waals surface area contributed by atoms with Crippen LogP contribution in [0, 0.1) is 6.92 Å². The first-order valence-corrected chi connectivity index (χ1v) is 3.45. The van der Waals surface area contributed by atoms with Gasteiger partial charge in [-0.05, 0) is 6.92 Å². The largest absolute Gasteiger partial charge is 0.478 e. The average Bonchev–Trinajstić information content (AvgIpc) is 2.08. The summed E-state index contributed by atoms with van der Waals surface area (Å²) in [4.78, 5) is 24.2. The number of carboxylic acid groups (broad SMARTS) is 1. The summed E-state index contributed by atoms with van der Waals surface area (Å²) in [6.45, 7) is 1.78. The van der Waals surface area contributed by atoms with Crippen LogP contribution in [0.4, 0.5) is 0 Å². The molecule has 0 atom stereocenters. The fourth-order valence-electron chi connectivity index (χ4n) is 0.892. The maximum atomic E-state index is 10.6. The Bertz CT molecular complexity index is 348. The quantitative estimate of drug-likeness (QED) is 0.692. The maximum Gasteiger partial charge on any atom is 0.337 e. The molecule has 0 aliphatic heterocycles. The Morgan fingerprint density at radius 2 is 2.31 bits per heavy atom. The molecule has 1 rings (SSSR count). The molecular formula is C8H7NO4. The maximum absolute atomic E-state index is 10.6. The molecule has 68 valence electrons. The van der Waals surface area contributed by atoms with Crippen LogP contribution in [-0.2, 0) is 4.79 Å². The summed E-state index contributed by atoms with van der Waals surface area (Å²) in [6, 6.07) is 0. The first-order chi connectivity index (χ1) is 6.16. The van der Waals surface area contributed by atoms with Gasteiger partial charge in [0.2, 0.25) is 0 Å². The zero-order chi connectivity index (χ0) is 9.84. The molecule has 13 heavy (non-hydrogen) atoms. The lowest BCUT2D eigenvalue weighted by Gasteiger charge is -2.03. The highest BCUT2D eigenvalue weighted by molar-refractivity contribution is 5.89. The molecule has 1 aromatic heterocycles. The first kappa shape index (κ1) is 9.18. The molecular weight excluding hydrogens is 174 g/mol. The Labute approximate surface area is 74.0 Å². The molecule has 0 aliphatic carbocycles. The average molecular weight is 181 g/mol. The number of carboxylic acids is 1. The van der Waals surface area contributed by atoms with Gasteiger partial charge >= 0.3 is 5.97 Å². The second-order valence-corrected chi connectivity index (χ2v) is 2.33. The van der Waals surface area contributed by atoms with Crippen LogP contribution < -0.4 is 4.74 Å². The number of nitrogens with zero attached hydrogens (tertiary/aromatic N) is 1. The molecule has 0 spiro atoms. The van der Waals surface area contributed by atoms with Crippen molar-refractivity contribution in [1.82, 2.24) is 4.98 Å². The zero-order valence-corrected chi connectivity index (χ0v) is 6.85. The molecule has 1 heterocycles. The fourth-order valence-corrected chi connectivity index (χ4v) is 0.892. The predicted octanol–water partition coefficient (Wildman–Crippen LogP) is 0.623. The van der Waals surface area contributed by atoms with Crippen molar-refractivity contribution in [2.45, 2.75) is 6.92 Å². The molecule has 0 saturated heterocycles. The standard InChI is InChI=1S/C8H7NO4/c1-5-6(8(11)12)2-9-3-7(5)13-4-10/h2-4H,1H3,(H,11,12). The minimum Gasteiger partial charge on any atom is -0.478 e. The van der Waals surface area contributed by atoms with Crippen molar-refractivity contribution >= 4 is 12.4 Å². The smallest absolute Gasteiger partial charge is 0.337 e. The molecule has 1 aromatic rings. The monoisotopic (exact) mass is 181 g/mol. The summed E-state index contributed by atoms with van der Waals surface area (Å²) in [5, 5.41) is 8.67. The third-order valence-corrected chi connectivity index (χ3v) is 1.57. The van der Waals surface area contributed by atoms with Crippen LogP contribution in [0.25, 0.3) is 0 Å². The van der Waals surface area contributed by atoms with E-state index in [1.807, 2.05) is 0 Å². The number of carbonyl (C=O) groups is 2. The third-order valence-electron chi connectivity index (χ3n) is 1.57. The van der Waals surface area contributed by atoms with Gasteiger partial charge in [-0.15, -0.1) is 0 Å². The normalized spacial score (nSPS) is 9.31. The topological polar surface area (TPSA) is 76.5 Å².